The number of carbonyl (C=O) groups is 2. The quantitative estimate of drug-likeness (QED) is 0.440. The van der Waals surface area contributed by atoms with Crippen LogP contribution in [0.4, 0.5) is 0 Å². The van der Waals surface area contributed by atoms with Crippen LogP contribution in [0.25, 0.3) is 0 Å². The van der Waals surface area contributed by atoms with E-state index in [1.165, 1.54) is 7.11 Å². The summed E-state index contributed by atoms with van der Waals surface area (Å²) >= 11 is 0. The molecule has 0 aromatic heterocycles. The summed E-state index contributed by atoms with van der Waals surface area (Å²) in [7, 11) is -2.55. The lowest BCUT2D eigenvalue weighted by atomic mass is 10.1. The Bertz CT molecular complexity index is 570. The number of carbonyl (C=O) groups excluding carboxylic acids is 2. The summed E-state index contributed by atoms with van der Waals surface area (Å²) in [5, 5.41) is 2.49. The Morgan fingerprint density at radius 2 is 1.96 bits per heavy atom. The summed E-state index contributed by atoms with van der Waals surface area (Å²) in [5.41, 5.74) is 6.25. The molecule has 0 aliphatic rings. The second kappa shape index (κ2) is 11.2. The van der Waals surface area contributed by atoms with Gasteiger partial charge in [-0.25, -0.2) is 0 Å². The van der Waals surface area contributed by atoms with Crippen LogP contribution in [0.1, 0.15) is 18.4 Å². The van der Waals surface area contributed by atoms with Gasteiger partial charge in [-0.1, -0.05) is 30.3 Å². The highest BCUT2D eigenvalue weighted by molar-refractivity contribution is 7.58. The number of aryl methyl sites for hydroxylation is 1. The Balaban J connectivity index is 0.00000529. The van der Waals surface area contributed by atoms with Gasteiger partial charge in [0.1, 0.15) is 5.78 Å². The minimum atomic E-state index is -3.76. The molecule has 24 heavy (non-hydrogen) atoms. The molecule has 0 spiro atoms. The first-order valence-electron chi connectivity index (χ1n) is 7.30. The van der Waals surface area contributed by atoms with E-state index in [1.54, 1.807) is 0 Å². The molecule has 0 aliphatic carbocycles. The maximum absolute atomic E-state index is 12.5. The van der Waals surface area contributed by atoms with Crippen LogP contribution in [-0.2, 0) is 25.3 Å². The molecule has 1 rings (SSSR count). The van der Waals surface area contributed by atoms with Gasteiger partial charge in [0.15, 0.2) is 0 Å². The number of benzene rings is 1. The van der Waals surface area contributed by atoms with Gasteiger partial charge in [-0.05, 0) is 18.4 Å². The molecule has 0 bridgehead atoms. The molecule has 7 nitrogen and oxygen atoms in total. The fourth-order valence-electron chi connectivity index (χ4n) is 2.08. The summed E-state index contributed by atoms with van der Waals surface area (Å²) in [6, 6.07) is 9.43. The van der Waals surface area contributed by atoms with Crippen molar-refractivity contribution in [2.75, 3.05) is 19.8 Å². The summed E-state index contributed by atoms with van der Waals surface area (Å²) in [6.45, 7) is -0.265. The molecule has 9 heteroatoms. The number of esters is 1. The van der Waals surface area contributed by atoms with E-state index in [1.807, 2.05) is 30.3 Å². The minimum Gasteiger partial charge on any atom is -0.469 e. The van der Waals surface area contributed by atoms with Crippen LogP contribution in [-0.4, -0.2) is 42.4 Å². The predicted octanol–water partition coefficient (Wildman–Crippen LogP) is 1.28. The zero-order valence-electron chi connectivity index (χ0n) is 13.5. The van der Waals surface area contributed by atoms with Gasteiger partial charge in [-0.3, -0.25) is 14.2 Å². The highest BCUT2D eigenvalue weighted by atomic mass is 35.5. The van der Waals surface area contributed by atoms with Gasteiger partial charge in [0, 0.05) is 6.16 Å². The van der Waals surface area contributed by atoms with Crippen molar-refractivity contribution in [3.63, 3.8) is 0 Å². The van der Waals surface area contributed by atoms with Crippen molar-refractivity contribution >= 4 is 31.7 Å². The van der Waals surface area contributed by atoms with E-state index in [4.69, 9.17) is 5.73 Å². The van der Waals surface area contributed by atoms with Crippen LogP contribution in [0, 0.1) is 0 Å². The number of nitrogens with two attached hydrogens (primary N) is 1. The molecule has 4 N–H and O–H groups in total. The Morgan fingerprint density at radius 1 is 1.33 bits per heavy atom. The first kappa shape index (κ1) is 22.6. The monoisotopic (exact) mass is 378 g/mol. The fraction of sp³-hybridized carbons (Fsp3) is 0.467. The van der Waals surface area contributed by atoms with Crippen molar-refractivity contribution in [2.24, 2.45) is 5.73 Å². The topological polar surface area (TPSA) is 119 Å². The average Bonchev–Trinajstić information content (AvgIpc) is 2.56. The van der Waals surface area contributed by atoms with Crippen molar-refractivity contribution < 1.29 is 23.8 Å². The molecule has 0 saturated carbocycles. The highest BCUT2D eigenvalue weighted by Crippen LogP contribution is 2.47. The van der Waals surface area contributed by atoms with Gasteiger partial charge in [0.05, 0.1) is 20.1 Å². The third kappa shape index (κ3) is 7.93. The number of amides is 1. The molecule has 1 amide bonds. The van der Waals surface area contributed by atoms with Gasteiger partial charge in [-0.2, -0.15) is 0 Å². The summed E-state index contributed by atoms with van der Waals surface area (Å²) < 4.78 is 17.0. The van der Waals surface area contributed by atoms with Gasteiger partial charge >= 0.3 is 5.97 Å². The van der Waals surface area contributed by atoms with E-state index in [2.05, 4.69) is 10.1 Å². The maximum atomic E-state index is 12.5. The predicted molar refractivity (Wildman–Crippen MR) is 94.3 cm³/mol. The standard InChI is InChI=1S/C15H23N2O5P.ClH/c1-22-15(19)9-10-23(20,21)14(17-13(18)11-16)8-7-12-5-3-2-4-6-12;/h2-6,14H,7-11,16H2,1H3,(H,17,18)(H,20,21);1H. The number of ether oxygens (including phenoxy) is 1. The van der Waals surface area contributed by atoms with Crippen LogP contribution < -0.4 is 11.1 Å². The Morgan fingerprint density at radius 3 is 2.50 bits per heavy atom. The molecule has 0 radical (unpaired) electrons. The Labute approximate surface area is 147 Å². The third-order valence-electron chi connectivity index (χ3n) is 3.41. The van der Waals surface area contributed by atoms with Crippen LogP contribution in [0.3, 0.4) is 0 Å². The molecular weight excluding hydrogens is 355 g/mol. The highest BCUT2D eigenvalue weighted by Gasteiger charge is 2.32. The fourth-order valence-corrected chi connectivity index (χ4v) is 3.77. The molecule has 1 aromatic carbocycles. The van der Waals surface area contributed by atoms with Crippen molar-refractivity contribution in [3.8, 4) is 0 Å². The largest absolute Gasteiger partial charge is 0.469 e. The zero-order chi connectivity index (χ0) is 17.3. The summed E-state index contributed by atoms with van der Waals surface area (Å²) in [5.74, 6) is -2.01. The summed E-state index contributed by atoms with van der Waals surface area (Å²) in [4.78, 5) is 32.9. The molecule has 0 heterocycles. The lowest BCUT2D eigenvalue weighted by molar-refractivity contribution is -0.140. The lowest BCUT2D eigenvalue weighted by Crippen LogP contribution is -2.39. The Kier molecular flexibility index (Phi) is 10.6. The minimum absolute atomic E-state index is 0. The van der Waals surface area contributed by atoms with E-state index in [9.17, 15) is 19.0 Å². The van der Waals surface area contributed by atoms with Gasteiger partial charge in [0.2, 0.25) is 13.3 Å². The number of methoxy groups -OCH3 is 1. The second-order valence-electron chi connectivity index (χ2n) is 5.12. The van der Waals surface area contributed by atoms with E-state index >= 15 is 0 Å². The van der Waals surface area contributed by atoms with Gasteiger partial charge in [0.25, 0.3) is 0 Å². The molecule has 0 aliphatic heterocycles. The molecule has 1 aromatic rings. The number of hydrogen-bond donors (Lipinski definition) is 3. The van der Waals surface area contributed by atoms with Crippen LogP contribution in [0.5, 0.6) is 0 Å². The van der Waals surface area contributed by atoms with Gasteiger partial charge in [-0.15, -0.1) is 12.4 Å². The number of halogens is 1. The van der Waals surface area contributed by atoms with E-state index in [0.29, 0.717) is 6.42 Å². The Hall–Kier alpha value is -1.40. The van der Waals surface area contributed by atoms with Crippen LogP contribution in [0.2, 0.25) is 0 Å². The van der Waals surface area contributed by atoms with E-state index in [-0.39, 0.29) is 38.0 Å². The normalized spacial score (nSPS) is 14.0. The van der Waals surface area contributed by atoms with Gasteiger partial charge < -0.3 is 20.7 Å². The van der Waals surface area contributed by atoms with E-state index in [0.717, 1.165) is 5.56 Å². The first-order chi connectivity index (χ1) is 10.9. The number of hydrogen-bond acceptors (Lipinski definition) is 5. The smallest absolute Gasteiger partial charge is 0.306 e. The van der Waals surface area contributed by atoms with Crippen molar-refractivity contribution in [1.82, 2.24) is 5.32 Å². The van der Waals surface area contributed by atoms with E-state index < -0.39 is 25.0 Å². The lowest BCUT2D eigenvalue weighted by Gasteiger charge is -2.24. The molecule has 2 unspecified atom stereocenters. The average molecular weight is 379 g/mol. The first-order valence-corrected chi connectivity index (χ1v) is 9.22. The second-order valence-corrected chi connectivity index (χ2v) is 7.70. The van der Waals surface area contributed by atoms with Crippen molar-refractivity contribution in [3.05, 3.63) is 35.9 Å². The van der Waals surface area contributed by atoms with Crippen molar-refractivity contribution in [2.45, 2.75) is 25.0 Å². The zero-order valence-corrected chi connectivity index (χ0v) is 15.2. The SMILES string of the molecule is COC(=O)CCP(=O)(O)C(CCc1ccccc1)NC(=O)CN.Cl. The molecular formula is C15H24ClN2O5P. The molecule has 0 fully saturated rings. The third-order valence-corrected chi connectivity index (χ3v) is 5.64. The van der Waals surface area contributed by atoms with Crippen LogP contribution in [0.15, 0.2) is 30.3 Å². The molecule has 2 atom stereocenters. The number of rotatable bonds is 9. The van der Waals surface area contributed by atoms with Crippen molar-refractivity contribution in [1.29, 1.82) is 0 Å². The molecule has 136 valence electrons. The number of nitrogens with one attached hydrogen (secondary N) is 1. The summed E-state index contributed by atoms with van der Waals surface area (Å²) in [6.07, 6.45) is 0.387. The van der Waals surface area contributed by atoms with Crippen LogP contribution >= 0.6 is 19.8 Å². The molecule has 0 saturated heterocycles. The maximum Gasteiger partial charge on any atom is 0.306 e.